The average molecular weight is 381 g/mol. The molecular formula is C19H19N5O4. The summed E-state index contributed by atoms with van der Waals surface area (Å²) in [6, 6.07) is 12.1. The third-order valence-corrected chi connectivity index (χ3v) is 3.94. The highest BCUT2D eigenvalue weighted by Crippen LogP contribution is 2.27. The number of hydrogen-bond donors (Lipinski definition) is 1. The number of carbonyl (C=O) groups excluding carboxylic acids is 1. The zero-order valence-corrected chi connectivity index (χ0v) is 15.6. The van der Waals surface area contributed by atoms with Crippen LogP contribution in [0.15, 0.2) is 53.3 Å². The third kappa shape index (κ3) is 4.09. The molecule has 2 aromatic carbocycles. The summed E-state index contributed by atoms with van der Waals surface area (Å²) in [5.74, 6) is 0.908. The monoisotopic (exact) mass is 381 g/mol. The van der Waals surface area contributed by atoms with Crippen molar-refractivity contribution in [3.05, 3.63) is 64.6 Å². The lowest BCUT2D eigenvalue weighted by atomic mass is 10.2. The number of benzene rings is 2. The molecule has 1 heterocycles. The maximum atomic E-state index is 12.1. The van der Waals surface area contributed by atoms with E-state index in [1.54, 1.807) is 56.7 Å². The molecule has 144 valence electrons. The summed E-state index contributed by atoms with van der Waals surface area (Å²) in [6.07, 6.45) is 3.09. The van der Waals surface area contributed by atoms with E-state index in [-0.39, 0.29) is 11.6 Å². The quantitative estimate of drug-likeness (QED) is 0.652. The fourth-order valence-electron chi connectivity index (χ4n) is 2.47. The van der Waals surface area contributed by atoms with Gasteiger partial charge in [-0.1, -0.05) is 6.07 Å². The topological polar surface area (TPSA) is 100 Å². The molecule has 1 aromatic heterocycles. The summed E-state index contributed by atoms with van der Waals surface area (Å²) in [5.41, 5.74) is 1.58. The van der Waals surface area contributed by atoms with Crippen LogP contribution in [0.3, 0.4) is 0 Å². The Hall–Kier alpha value is -3.88. The first-order valence-corrected chi connectivity index (χ1v) is 8.32. The van der Waals surface area contributed by atoms with Crippen LogP contribution in [0.2, 0.25) is 0 Å². The van der Waals surface area contributed by atoms with Crippen LogP contribution in [0, 0.1) is 0 Å². The van der Waals surface area contributed by atoms with Gasteiger partial charge in [0.05, 0.1) is 19.9 Å². The fourth-order valence-corrected chi connectivity index (χ4v) is 2.47. The van der Waals surface area contributed by atoms with Crippen LogP contribution in [-0.2, 0) is 11.8 Å². The summed E-state index contributed by atoms with van der Waals surface area (Å²) in [5, 5.41) is 10.2. The number of ether oxygens (including phenoxy) is 2. The maximum absolute atomic E-state index is 12.1. The Labute approximate surface area is 160 Å². The first kappa shape index (κ1) is 18.9. The average Bonchev–Trinajstić information content (AvgIpc) is 3.05. The van der Waals surface area contributed by atoms with Crippen molar-refractivity contribution in [2.75, 3.05) is 19.5 Å². The first-order valence-electron chi connectivity index (χ1n) is 8.32. The summed E-state index contributed by atoms with van der Waals surface area (Å²) < 4.78 is 12.7. The van der Waals surface area contributed by atoms with Crippen LogP contribution in [-0.4, -0.2) is 39.9 Å². The second-order valence-corrected chi connectivity index (χ2v) is 5.78. The number of aryl methyl sites for hydroxylation is 1. The highest BCUT2D eigenvalue weighted by molar-refractivity contribution is 6.02. The molecule has 3 rings (SSSR count). The second-order valence-electron chi connectivity index (χ2n) is 5.78. The summed E-state index contributed by atoms with van der Waals surface area (Å²) in [7, 11) is 4.63. The lowest BCUT2D eigenvalue weighted by Crippen LogP contribution is -2.21. The Bertz CT molecular complexity index is 1070. The number of methoxy groups -OCH3 is 2. The van der Waals surface area contributed by atoms with Crippen molar-refractivity contribution in [2.24, 2.45) is 7.05 Å². The van der Waals surface area contributed by atoms with Gasteiger partial charge in [0.1, 0.15) is 0 Å². The molecule has 28 heavy (non-hydrogen) atoms. The Balaban J connectivity index is 1.67. The third-order valence-electron chi connectivity index (χ3n) is 3.94. The van der Waals surface area contributed by atoms with E-state index in [1.807, 2.05) is 6.07 Å². The van der Waals surface area contributed by atoms with E-state index >= 15 is 0 Å². The highest BCUT2D eigenvalue weighted by Gasteiger charge is 2.07. The van der Waals surface area contributed by atoms with Gasteiger partial charge in [-0.3, -0.25) is 4.79 Å². The van der Waals surface area contributed by atoms with Crippen LogP contribution >= 0.6 is 0 Å². The molecule has 0 saturated heterocycles. The predicted octanol–water partition coefficient (Wildman–Crippen LogP) is 1.64. The molecular weight excluding hydrogens is 362 g/mol. The van der Waals surface area contributed by atoms with E-state index < -0.39 is 0 Å². The molecule has 9 heteroatoms. The molecule has 3 aromatic rings. The summed E-state index contributed by atoms with van der Waals surface area (Å²) >= 11 is 0. The molecule has 0 radical (unpaired) electrons. The number of amides is 1. The van der Waals surface area contributed by atoms with Gasteiger partial charge in [-0.05, 0) is 58.5 Å². The molecule has 0 aliphatic rings. The van der Waals surface area contributed by atoms with E-state index in [1.165, 1.54) is 17.8 Å². The van der Waals surface area contributed by atoms with Crippen molar-refractivity contribution in [3.63, 3.8) is 0 Å². The predicted molar refractivity (Wildman–Crippen MR) is 104 cm³/mol. The number of aromatic nitrogens is 4. The van der Waals surface area contributed by atoms with Gasteiger partial charge in [0.15, 0.2) is 11.5 Å². The van der Waals surface area contributed by atoms with Gasteiger partial charge in [0, 0.05) is 18.8 Å². The minimum Gasteiger partial charge on any atom is -0.493 e. The Morgan fingerprint density at radius 3 is 2.36 bits per heavy atom. The summed E-state index contributed by atoms with van der Waals surface area (Å²) in [6.45, 7) is 0. The van der Waals surface area contributed by atoms with Crippen molar-refractivity contribution in [1.29, 1.82) is 0 Å². The molecule has 0 fully saturated rings. The van der Waals surface area contributed by atoms with E-state index in [9.17, 15) is 9.59 Å². The van der Waals surface area contributed by atoms with E-state index in [0.717, 1.165) is 10.2 Å². The van der Waals surface area contributed by atoms with Gasteiger partial charge in [-0.25, -0.2) is 4.79 Å². The molecule has 0 spiro atoms. The van der Waals surface area contributed by atoms with Crippen LogP contribution < -0.4 is 20.5 Å². The zero-order valence-electron chi connectivity index (χ0n) is 15.6. The summed E-state index contributed by atoms with van der Waals surface area (Å²) in [4.78, 5) is 24.0. The van der Waals surface area contributed by atoms with Crippen LogP contribution in [0.4, 0.5) is 5.69 Å². The lowest BCUT2D eigenvalue weighted by Gasteiger charge is -2.07. The van der Waals surface area contributed by atoms with Gasteiger partial charge in [0.2, 0.25) is 5.91 Å². The maximum Gasteiger partial charge on any atom is 0.368 e. The number of rotatable bonds is 6. The van der Waals surface area contributed by atoms with Crippen LogP contribution in [0.5, 0.6) is 11.5 Å². The SMILES string of the molecule is COc1ccc(C=CC(=O)Nc2ccc(-n3nnn(C)c3=O)cc2)cc1OC. The molecule has 9 nitrogen and oxygen atoms in total. The van der Waals surface area contributed by atoms with Crippen molar-refractivity contribution >= 4 is 17.7 Å². The number of carbonyl (C=O) groups is 1. The molecule has 0 atom stereocenters. The standard InChI is InChI=1S/C19H19N5O4/c1-23-19(26)24(22-21-23)15-8-6-14(7-9-15)20-18(25)11-5-13-4-10-16(27-2)17(12-13)28-3/h4-12H,1-3H3,(H,20,25). The van der Waals surface area contributed by atoms with Crippen molar-refractivity contribution in [1.82, 2.24) is 19.8 Å². The van der Waals surface area contributed by atoms with E-state index in [2.05, 4.69) is 15.7 Å². The Kier molecular flexibility index (Phi) is 5.54. The minimum atomic E-state index is -0.352. The van der Waals surface area contributed by atoms with E-state index in [0.29, 0.717) is 22.9 Å². The zero-order chi connectivity index (χ0) is 20.1. The van der Waals surface area contributed by atoms with Crippen molar-refractivity contribution in [3.8, 4) is 17.2 Å². The Morgan fingerprint density at radius 2 is 1.75 bits per heavy atom. The highest BCUT2D eigenvalue weighted by atomic mass is 16.5. The number of nitrogens with one attached hydrogen (secondary N) is 1. The van der Waals surface area contributed by atoms with E-state index in [4.69, 9.17) is 9.47 Å². The van der Waals surface area contributed by atoms with Gasteiger partial charge in [-0.2, -0.15) is 9.36 Å². The molecule has 1 N–H and O–H groups in total. The van der Waals surface area contributed by atoms with Crippen molar-refractivity contribution in [2.45, 2.75) is 0 Å². The van der Waals surface area contributed by atoms with Crippen LogP contribution in [0.25, 0.3) is 11.8 Å². The fraction of sp³-hybridized carbons (Fsp3) is 0.158. The van der Waals surface area contributed by atoms with Gasteiger partial charge in [-0.15, -0.1) is 0 Å². The number of tetrazole rings is 1. The molecule has 0 aliphatic heterocycles. The smallest absolute Gasteiger partial charge is 0.368 e. The molecule has 0 aliphatic carbocycles. The van der Waals surface area contributed by atoms with Gasteiger partial charge < -0.3 is 14.8 Å². The van der Waals surface area contributed by atoms with Crippen molar-refractivity contribution < 1.29 is 14.3 Å². The number of hydrogen-bond acceptors (Lipinski definition) is 6. The second kappa shape index (κ2) is 8.21. The van der Waals surface area contributed by atoms with Gasteiger partial charge in [0.25, 0.3) is 0 Å². The lowest BCUT2D eigenvalue weighted by molar-refractivity contribution is -0.111. The van der Waals surface area contributed by atoms with Gasteiger partial charge >= 0.3 is 5.69 Å². The van der Waals surface area contributed by atoms with Crippen LogP contribution in [0.1, 0.15) is 5.56 Å². The number of anilines is 1. The molecule has 0 saturated carbocycles. The minimum absolute atomic E-state index is 0.292. The number of nitrogens with zero attached hydrogens (tertiary/aromatic N) is 4. The largest absolute Gasteiger partial charge is 0.493 e. The molecule has 0 unspecified atom stereocenters. The molecule has 1 amide bonds. The normalized spacial score (nSPS) is 10.8. The molecule has 0 bridgehead atoms. The Morgan fingerprint density at radius 1 is 1.04 bits per heavy atom. The first-order chi connectivity index (χ1) is 13.5.